The average Bonchev–Trinajstić information content (AvgIpc) is 3.37. The molecule has 0 N–H and O–H groups in total. The molecule has 0 atom stereocenters. The first-order valence-corrected chi connectivity index (χ1v) is 9.98. The lowest BCUT2D eigenvalue weighted by molar-refractivity contribution is -0.633. The third-order valence-electron chi connectivity index (χ3n) is 5.76. The summed E-state index contributed by atoms with van der Waals surface area (Å²) in [5.74, 6) is 1.66. The van der Waals surface area contributed by atoms with E-state index in [0.29, 0.717) is 17.2 Å². The average molecular weight is 394 g/mol. The van der Waals surface area contributed by atoms with Crippen molar-refractivity contribution < 1.29 is 13.4 Å². The fraction of sp³-hybridized carbons (Fsp3) is 0.120. The summed E-state index contributed by atoms with van der Waals surface area (Å²) in [6, 6.07) is 23.0. The highest BCUT2D eigenvalue weighted by molar-refractivity contribution is 6.06. The lowest BCUT2D eigenvalue weighted by atomic mass is 10.0. The zero-order valence-corrected chi connectivity index (χ0v) is 17.0. The monoisotopic (exact) mass is 394 g/mol. The summed E-state index contributed by atoms with van der Waals surface area (Å²) in [5, 5.41) is 0.941. The molecular weight excluding hydrogens is 374 g/mol. The minimum absolute atomic E-state index is 0.541. The second-order valence-electron chi connectivity index (χ2n) is 7.65. The van der Waals surface area contributed by atoms with Crippen molar-refractivity contribution >= 4 is 33.3 Å². The number of nitrogens with zero attached hydrogens (tertiary/aromatic N) is 3. The number of aryl methyl sites for hydroxylation is 3. The summed E-state index contributed by atoms with van der Waals surface area (Å²) in [4.78, 5) is 4.41. The summed E-state index contributed by atoms with van der Waals surface area (Å²) in [5.41, 5.74) is 7.61. The number of rotatable bonds is 2. The number of imidazole rings is 1. The van der Waals surface area contributed by atoms with Crippen LogP contribution in [0.4, 0.5) is 0 Å². The first-order chi connectivity index (χ1) is 14.6. The van der Waals surface area contributed by atoms with Crippen molar-refractivity contribution in [2.24, 2.45) is 7.05 Å². The Bertz CT molecular complexity index is 1570. The SMILES string of the molecule is Cc1nc2oc3c(-c4n(-c5ccccc5)c5ccccc5[n+]4C)c(C)ccc3c2o1. The predicted octanol–water partition coefficient (Wildman–Crippen LogP) is 5.63. The quantitative estimate of drug-likeness (QED) is 0.358. The number of benzene rings is 3. The van der Waals surface area contributed by atoms with Gasteiger partial charge in [-0.1, -0.05) is 36.4 Å². The zero-order chi connectivity index (χ0) is 20.4. The molecule has 0 saturated heterocycles. The molecule has 0 aliphatic rings. The fourth-order valence-electron chi connectivity index (χ4n) is 4.42. The maximum Gasteiger partial charge on any atom is 0.298 e. The number of fused-ring (bicyclic) bond motifs is 4. The number of furan rings is 1. The molecule has 0 spiro atoms. The van der Waals surface area contributed by atoms with Crippen LogP contribution >= 0.6 is 0 Å². The third-order valence-corrected chi connectivity index (χ3v) is 5.76. The van der Waals surface area contributed by atoms with Crippen molar-refractivity contribution in [1.82, 2.24) is 9.55 Å². The maximum absolute atomic E-state index is 6.25. The van der Waals surface area contributed by atoms with E-state index in [4.69, 9.17) is 8.83 Å². The molecule has 6 rings (SSSR count). The molecule has 5 nitrogen and oxygen atoms in total. The van der Waals surface area contributed by atoms with Crippen LogP contribution in [0.1, 0.15) is 11.5 Å². The topological polar surface area (TPSA) is 48.0 Å². The Morgan fingerprint density at radius 2 is 1.60 bits per heavy atom. The van der Waals surface area contributed by atoms with Gasteiger partial charge in [-0.3, -0.25) is 0 Å². The first-order valence-electron chi connectivity index (χ1n) is 9.98. The molecule has 0 unspecified atom stereocenters. The summed E-state index contributed by atoms with van der Waals surface area (Å²) >= 11 is 0. The minimum Gasteiger partial charge on any atom is -0.437 e. The van der Waals surface area contributed by atoms with Gasteiger partial charge < -0.3 is 8.83 Å². The molecule has 146 valence electrons. The predicted molar refractivity (Wildman–Crippen MR) is 117 cm³/mol. The molecule has 3 aromatic heterocycles. The molecule has 0 aliphatic carbocycles. The van der Waals surface area contributed by atoms with Crippen molar-refractivity contribution in [3.63, 3.8) is 0 Å². The molecule has 0 radical (unpaired) electrons. The van der Waals surface area contributed by atoms with E-state index in [1.807, 2.05) is 13.0 Å². The van der Waals surface area contributed by atoms with Crippen molar-refractivity contribution in [3.8, 4) is 17.1 Å². The van der Waals surface area contributed by atoms with Crippen LogP contribution in [0.25, 0.3) is 50.4 Å². The van der Waals surface area contributed by atoms with Crippen molar-refractivity contribution in [2.75, 3.05) is 0 Å². The van der Waals surface area contributed by atoms with Crippen LogP contribution < -0.4 is 4.57 Å². The number of hydrogen-bond acceptors (Lipinski definition) is 3. The van der Waals surface area contributed by atoms with Gasteiger partial charge in [-0.05, 0) is 42.8 Å². The Hall–Kier alpha value is -3.86. The molecule has 0 amide bonds. The second kappa shape index (κ2) is 6.07. The number of oxazole rings is 1. The number of hydrogen-bond donors (Lipinski definition) is 0. The van der Waals surface area contributed by atoms with Gasteiger partial charge in [-0.15, -0.1) is 0 Å². The highest BCUT2D eigenvalue weighted by Gasteiger charge is 2.30. The van der Waals surface area contributed by atoms with E-state index in [1.54, 1.807) is 0 Å². The van der Waals surface area contributed by atoms with Gasteiger partial charge in [-0.2, -0.15) is 9.55 Å². The van der Waals surface area contributed by atoms with Crippen LogP contribution in [0.2, 0.25) is 0 Å². The van der Waals surface area contributed by atoms with Gasteiger partial charge in [0.25, 0.3) is 11.5 Å². The number of aromatic nitrogens is 3. The van der Waals surface area contributed by atoms with Crippen LogP contribution in [0.5, 0.6) is 0 Å². The van der Waals surface area contributed by atoms with Crippen LogP contribution in [-0.2, 0) is 7.05 Å². The van der Waals surface area contributed by atoms with E-state index < -0.39 is 0 Å². The fourth-order valence-corrected chi connectivity index (χ4v) is 4.42. The minimum atomic E-state index is 0.541. The summed E-state index contributed by atoms with van der Waals surface area (Å²) < 4.78 is 16.6. The molecule has 6 aromatic rings. The highest BCUT2D eigenvalue weighted by Crippen LogP contribution is 2.39. The molecule has 0 bridgehead atoms. The molecule has 0 fully saturated rings. The van der Waals surface area contributed by atoms with E-state index in [1.165, 1.54) is 0 Å². The Balaban J connectivity index is 1.80. The second-order valence-corrected chi connectivity index (χ2v) is 7.65. The van der Waals surface area contributed by atoms with E-state index in [2.05, 4.69) is 88.8 Å². The maximum atomic E-state index is 6.25. The summed E-state index contributed by atoms with van der Waals surface area (Å²) in [6.07, 6.45) is 0. The standard InChI is InChI=1S/C25H20N3O2/c1-15-13-14-18-22(30-24-23(18)29-16(2)26-24)21(15)25-27(3)19-11-7-8-12-20(19)28(25)17-9-5-4-6-10-17/h4-14H,1-3H3/q+1. The van der Waals surface area contributed by atoms with Crippen LogP contribution in [0.3, 0.4) is 0 Å². The van der Waals surface area contributed by atoms with Gasteiger partial charge in [0.15, 0.2) is 22.5 Å². The molecule has 3 heterocycles. The lowest BCUT2D eigenvalue weighted by Crippen LogP contribution is -2.30. The Morgan fingerprint density at radius 3 is 2.43 bits per heavy atom. The third kappa shape index (κ3) is 2.23. The lowest BCUT2D eigenvalue weighted by Gasteiger charge is -2.07. The molecule has 0 saturated carbocycles. The molecule has 5 heteroatoms. The molecule has 30 heavy (non-hydrogen) atoms. The normalized spacial score (nSPS) is 11.8. The molecular formula is C25H20N3O2+. The number of para-hydroxylation sites is 3. The smallest absolute Gasteiger partial charge is 0.298 e. The Labute approximate surface area is 172 Å². The van der Waals surface area contributed by atoms with Crippen molar-refractivity contribution in [1.29, 1.82) is 0 Å². The van der Waals surface area contributed by atoms with E-state index >= 15 is 0 Å². The summed E-state index contributed by atoms with van der Waals surface area (Å²) in [7, 11) is 2.10. The van der Waals surface area contributed by atoms with E-state index in [0.717, 1.165) is 44.6 Å². The van der Waals surface area contributed by atoms with Gasteiger partial charge in [0, 0.05) is 6.92 Å². The van der Waals surface area contributed by atoms with Crippen LogP contribution in [-0.4, -0.2) is 9.55 Å². The van der Waals surface area contributed by atoms with Gasteiger partial charge in [0.05, 0.1) is 12.4 Å². The van der Waals surface area contributed by atoms with Gasteiger partial charge >= 0.3 is 0 Å². The van der Waals surface area contributed by atoms with Crippen LogP contribution in [0.15, 0.2) is 75.6 Å². The van der Waals surface area contributed by atoms with Crippen LogP contribution in [0, 0.1) is 13.8 Å². The summed E-state index contributed by atoms with van der Waals surface area (Å²) in [6.45, 7) is 3.95. The molecule has 0 aliphatic heterocycles. The van der Waals surface area contributed by atoms with Gasteiger partial charge in [0.2, 0.25) is 5.58 Å². The van der Waals surface area contributed by atoms with Crippen molar-refractivity contribution in [3.05, 3.63) is 78.2 Å². The Kier molecular flexibility index (Phi) is 3.45. The molecule has 3 aromatic carbocycles. The Morgan fingerprint density at radius 1 is 0.833 bits per heavy atom. The van der Waals surface area contributed by atoms with E-state index in [9.17, 15) is 0 Å². The largest absolute Gasteiger partial charge is 0.437 e. The van der Waals surface area contributed by atoms with Gasteiger partial charge in [-0.25, -0.2) is 4.57 Å². The van der Waals surface area contributed by atoms with Crippen molar-refractivity contribution in [2.45, 2.75) is 13.8 Å². The highest BCUT2D eigenvalue weighted by atomic mass is 16.4. The first kappa shape index (κ1) is 17.0. The van der Waals surface area contributed by atoms with Gasteiger partial charge in [0.1, 0.15) is 11.3 Å². The zero-order valence-electron chi connectivity index (χ0n) is 17.0. The van der Waals surface area contributed by atoms with E-state index in [-0.39, 0.29) is 0 Å².